The summed E-state index contributed by atoms with van der Waals surface area (Å²) in [5.41, 5.74) is 3.09. The van der Waals surface area contributed by atoms with Crippen molar-refractivity contribution in [3.63, 3.8) is 0 Å². The fourth-order valence-corrected chi connectivity index (χ4v) is 4.71. The zero-order chi connectivity index (χ0) is 21.7. The van der Waals surface area contributed by atoms with Crippen molar-refractivity contribution >= 4 is 15.9 Å². The van der Waals surface area contributed by atoms with Gasteiger partial charge in [0.2, 0.25) is 15.9 Å². The second-order valence-corrected chi connectivity index (χ2v) is 9.92. The third kappa shape index (κ3) is 5.61. The molecule has 6 nitrogen and oxygen atoms in total. The van der Waals surface area contributed by atoms with Crippen LogP contribution >= 0.6 is 0 Å². The average molecular weight is 431 g/mol. The summed E-state index contributed by atoms with van der Waals surface area (Å²) in [6.07, 6.45) is 2.26. The maximum atomic E-state index is 12.9. The lowest BCUT2D eigenvalue weighted by Crippen LogP contribution is -2.44. The van der Waals surface area contributed by atoms with Gasteiger partial charge in [-0.25, -0.2) is 12.7 Å². The summed E-state index contributed by atoms with van der Waals surface area (Å²) in [4.78, 5) is 12.9. The van der Waals surface area contributed by atoms with E-state index in [1.54, 1.807) is 0 Å². The van der Waals surface area contributed by atoms with E-state index in [1.807, 2.05) is 62.4 Å². The van der Waals surface area contributed by atoms with E-state index >= 15 is 0 Å². The van der Waals surface area contributed by atoms with Crippen LogP contribution in [0.5, 0.6) is 5.75 Å². The number of ether oxygens (including phenoxy) is 1. The summed E-state index contributed by atoms with van der Waals surface area (Å²) in [6.45, 7) is 5.10. The maximum Gasteiger partial charge on any atom is 0.223 e. The molecule has 1 atom stereocenters. The zero-order valence-electron chi connectivity index (χ0n) is 17.8. The number of amides is 1. The summed E-state index contributed by atoms with van der Waals surface area (Å²) in [6, 6.07) is 15.5. The van der Waals surface area contributed by atoms with Crippen LogP contribution in [-0.2, 0) is 14.8 Å². The predicted octanol–water partition coefficient (Wildman–Crippen LogP) is 3.21. The molecule has 0 saturated carbocycles. The summed E-state index contributed by atoms with van der Waals surface area (Å²) < 4.78 is 31.0. The first-order chi connectivity index (χ1) is 14.3. The summed E-state index contributed by atoms with van der Waals surface area (Å²) in [5.74, 6) is 0.589. The van der Waals surface area contributed by atoms with Crippen molar-refractivity contribution in [2.45, 2.75) is 32.7 Å². The number of benzene rings is 2. The van der Waals surface area contributed by atoms with Crippen molar-refractivity contribution in [2.24, 2.45) is 5.92 Å². The van der Waals surface area contributed by atoms with Crippen LogP contribution in [0, 0.1) is 19.8 Å². The van der Waals surface area contributed by atoms with Gasteiger partial charge in [0.1, 0.15) is 12.4 Å². The molecule has 1 N–H and O–H groups in total. The van der Waals surface area contributed by atoms with Gasteiger partial charge in [-0.15, -0.1) is 0 Å². The smallest absolute Gasteiger partial charge is 0.223 e. The highest BCUT2D eigenvalue weighted by molar-refractivity contribution is 7.88. The molecular formula is C23H30N2O4S. The molecule has 3 rings (SSSR count). The molecule has 1 aliphatic heterocycles. The summed E-state index contributed by atoms with van der Waals surface area (Å²) >= 11 is 0. The van der Waals surface area contributed by atoms with Crippen LogP contribution in [0.4, 0.5) is 0 Å². The normalized spacial score (nSPS) is 16.8. The molecule has 1 amide bonds. The molecule has 0 spiro atoms. The van der Waals surface area contributed by atoms with Crippen molar-refractivity contribution < 1.29 is 17.9 Å². The number of para-hydroxylation sites is 1. The molecule has 2 aromatic rings. The Kier molecular flexibility index (Phi) is 7.15. The number of piperidine rings is 1. The molecule has 0 unspecified atom stereocenters. The number of hydrogen-bond acceptors (Lipinski definition) is 4. The van der Waals surface area contributed by atoms with E-state index in [0.29, 0.717) is 32.5 Å². The SMILES string of the molecule is Cc1cccc(C)c1OC[C@H](NC(=O)C1CCN(S(C)(=O)=O)CC1)c1ccccc1. The molecule has 1 aliphatic rings. The molecule has 0 bridgehead atoms. The molecule has 30 heavy (non-hydrogen) atoms. The summed E-state index contributed by atoms with van der Waals surface area (Å²) in [5, 5.41) is 3.13. The van der Waals surface area contributed by atoms with Gasteiger partial charge in [0.05, 0.1) is 12.3 Å². The molecule has 162 valence electrons. The Bertz CT molecular complexity index is 948. The van der Waals surface area contributed by atoms with E-state index in [2.05, 4.69) is 5.32 Å². The number of carbonyl (C=O) groups is 1. The Labute approximate surface area is 179 Å². The first-order valence-corrected chi connectivity index (χ1v) is 12.1. The van der Waals surface area contributed by atoms with Crippen molar-refractivity contribution in [1.82, 2.24) is 9.62 Å². The lowest BCUT2D eigenvalue weighted by molar-refractivity contribution is -0.127. The van der Waals surface area contributed by atoms with Crippen LogP contribution in [-0.4, -0.2) is 44.6 Å². The highest BCUT2D eigenvalue weighted by Gasteiger charge is 2.30. The molecule has 2 aromatic carbocycles. The van der Waals surface area contributed by atoms with Crippen LogP contribution in [0.2, 0.25) is 0 Å². The topological polar surface area (TPSA) is 75.7 Å². The van der Waals surface area contributed by atoms with Gasteiger partial charge in [0, 0.05) is 19.0 Å². The molecule has 0 radical (unpaired) electrons. The monoisotopic (exact) mass is 430 g/mol. The fourth-order valence-electron chi connectivity index (χ4n) is 3.84. The number of hydrogen-bond donors (Lipinski definition) is 1. The van der Waals surface area contributed by atoms with E-state index in [-0.39, 0.29) is 17.9 Å². The Balaban J connectivity index is 1.68. The standard InChI is InChI=1S/C23H30N2O4S/c1-17-8-7-9-18(2)22(17)29-16-21(19-10-5-4-6-11-19)24-23(26)20-12-14-25(15-13-20)30(3,27)28/h4-11,20-21H,12-16H2,1-3H3,(H,24,26)/t21-/m0/s1. The van der Waals surface area contributed by atoms with E-state index in [9.17, 15) is 13.2 Å². The van der Waals surface area contributed by atoms with Gasteiger partial charge in [-0.1, -0.05) is 48.5 Å². The fraction of sp³-hybridized carbons (Fsp3) is 0.435. The highest BCUT2D eigenvalue weighted by Crippen LogP contribution is 2.25. The lowest BCUT2D eigenvalue weighted by atomic mass is 9.96. The van der Waals surface area contributed by atoms with E-state index in [0.717, 1.165) is 22.4 Å². The van der Waals surface area contributed by atoms with Gasteiger partial charge < -0.3 is 10.1 Å². The molecule has 7 heteroatoms. The Morgan fingerprint density at radius 2 is 1.67 bits per heavy atom. The number of aryl methyl sites for hydroxylation is 2. The van der Waals surface area contributed by atoms with E-state index in [4.69, 9.17) is 4.74 Å². The second kappa shape index (κ2) is 9.62. The van der Waals surface area contributed by atoms with E-state index < -0.39 is 10.0 Å². The van der Waals surface area contributed by atoms with Gasteiger partial charge in [-0.05, 0) is 43.4 Å². The number of carbonyl (C=O) groups excluding carboxylic acids is 1. The van der Waals surface area contributed by atoms with Crippen molar-refractivity contribution in [1.29, 1.82) is 0 Å². The largest absolute Gasteiger partial charge is 0.491 e. The first kappa shape index (κ1) is 22.3. The first-order valence-electron chi connectivity index (χ1n) is 10.2. The van der Waals surface area contributed by atoms with Gasteiger partial charge in [-0.3, -0.25) is 4.79 Å². The maximum absolute atomic E-state index is 12.9. The quantitative estimate of drug-likeness (QED) is 0.732. The minimum absolute atomic E-state index is 0.0536. The minimum Gasteiger partial charge on any atom is -0.491 e. The third-order valence-electron chi connectivity index (χ3n) is 5.62. The molecule has 0 aromatic heterocycles. The van der Waals surface area contributed by atoms with Crippen LogP contribution in [0.3, 0.4) is 0 Å². The summed E-state index contributed by atoms with van der Waals surface area (Å²) in [7, 11) is -3.21. The molecule has 1 fully saturated rings. The molecule has 1 heterocycles. The molecular weight excluding hydrogens is 400 g/mol. The Morgan fingerprint density at radius 3 is 2.23 bits per heavy atom. The minimum atomic E-state index is -3.21. The van der Waals surface area contributed by atoms with Gasteiger partial charge >= 0.3 is 0 Å². The van der Waals surface area contributed by atoms with E-state index in [1.165, 1.54) is 10.6 Å². The Hall–Kier alpha value is -2.38. The molecule has 0 aliphatic carbocycles. The van der Waals surface area contributed by atoms with Crippen LogP contribution in [0.15, 0.2) is 48.5 Å². The van der Waals surface area contributed by atoms with Crippen molar-refractivity contribution in [3.05, 3.63) is 65.2 Å². The zero-order valence-corrected chi connectivity index (χ0v) is 18.6. The lowest BCUT2D eigenvalue weighted by Gasteiger charge is -2.30. The average Bonchev–Trinajstić information content (AvgIpc) is 2.72. The number of nitrogens with one attached hydrogen (secondary N) is 1. The number of nitrogens with zero attached hydrogens (tertiary/aromatic N) is 1. The van der Waals surface area contributed by atoms with Crippen LogP contribution in [0.1, 0.15) is 35.6 Å². The number of sulfonamides is 1. The molecule has 1 saturated heterocycles. The van der Waals surface area contributed by atoms with Gasteiger partial charge in [0.25, 0.3) is 0 Å². The van der Waals surface area contributed by atoms with Crippen molar-refractivity contribution in [3.8, 4) is 5.75 Å². The Morgan fingerprint density at radius 1 is 1.07 bits per heavy atom. The predicted molar refractivity (Wildman–Crippen MR) is 118 cm³/mol. The third-order valence-corrected chi connectivity index (χ3v) is 6.92. The number of rotatable bonds is 7. The van der Waals surface area contributed by atoms with Crippen molar-refractivity contribution in [2.75, 3.05) is 26.0 Å². The highest BCUT2D eigenvalue weighted by atomic mass is 32.2. The van der Waals surface area contributed by atoms with Gasteiger partial charge in [-0.2, -0.15) is 0 Å². The van der Waals surface area contributed by atoms with Gasteiger partial charge in [0.15, 0.2) is 0 Å². The second-order valence-electron chi connectivity index (χ2n) is 7.94. The van der Waals surface area contributed by atoms with Crippen LogP contribution < -0.4 is 10.1 Å². The van der Waals surface area contributed by atoms with Crippen LogP contribution in [0.25, 0.3) is 0 Å².